The Morgan fingerprint density at radius 2 is 1.27 bits per heavy atom. The van der Waals surface area contributed by atoms with E-state index in [1.165, 1.54) is 0 Å². The zero-order chi connectivity index (χ0) is 7.07. The first kappa shape index (κ1) is 9.38. The minimum Gasteiger partial charge on any atom is -0.351 e. The van der Waals surface area contributed by atoms with E-state index in [9.17, 15) is 0 Å². The molecule has 0 aliphatic carbocycles. The highest BCUT2D eigenvalue weighted by Gasteiger charge is 1.56. The van der Waals surface area contributed by atoms with Gasteiger partial charge in [-0.1, -0.05) is 0 Å². The highest BCUT2D eigenvalue weighted by atomic mass is 14.8. The Balaban J connectivity index is 0.000000167. The summed E-state index contributed by atoms with van der Waals surface area (Å²) in [6.07, 6.45) is 10.2. The average Bonchev–Trinajstić information content (AvgIpc) is 2.67. The van der Waals surface area contributed by atoms with Crippen LogP contribution in [0.2, 0.25) is 0 Å². The van der Waals surface area contributed by atoms with Crippen LogP contribution in [0.4, 0.5) is 0 Å². The fourth-order valence-electron chi connectivity index (χ4n) is 0.430. The lowest BCUT2D eigenvalue weighted by atomic mass is 11.0. The lowest BCUT2D eigenvalue weighted by Gasteiger charge is -1.46. The lowest BCUT2D eigenvalue weighted by molar-refractivity contribution is 1.31. The molecule has 0 aliphatic heterocycles. The lowest BCUT2D eigenvalue weighted by Crippen LogP contribution is -1.44. The molecule has 0 spiro atoms. The van der Waals surface area contributed by atoms with Gasteiger partial charge in [-0.25, -0.2) is 9.97 Å². The molecule has 0 amide bonds. The second-order valence-electron chi connectivity index (χ2n) is 1.52. The van der Waals surface area contributed by atoms with Gasteiger partial charge in [0.05, 0.1) is 12.7 Å². The summed E-state index contributed by atoms with van der Waals surface area (Å²) in [5.74, 6) is 0. The van der Waals surface area contributed by atoms with E-state index < -0.39 is 0 Å². The monoisotopic (exact) mass is 153 g/mol. The summed E-state index contributed by atoms with van der Waals surface area (Å²) in [5, 5.41) is 0. The molecule has 0 fully saturated rings. The molecule has 0 radical (unpaired) electrons. The number of aromatic nitrogens is 4. The molecule has 0 saturated carbocycles. The van der Waals surface area contributed by atoms with Gasteiger partial charge < -0.3 is 16.1 Å². The molecule has 2 rings (SSSR count). The molecule has 0 aliphatic rings. The predicted octanol–water partition coefficient (Wildman–Crippen LogP) is 0.981. The summed E-state index contributed by atoms with van der Waals surface area (Å²) < 4.78 is 0. The molecule has 5 nitrogen and oxygen atoms in total. The van der Waals surface area contributed by atoms with Crippen molar-refractivity contribution >= 4 is 0 Å². The third kappa shape index (κ3) is 4.86. The maximum Gasteiger partial charge on any atom is 0.0919 e. The van der Waals surface area contributed by atoms with Crippen LogP contribution in [0.25, 0.3) is 0 Å². The highest BCUT2D eigenvalue weighted by Crippen LogP contribution is 1.63. The van der Waals surface area contributed by atoms with Gasteiger partial charge in [0.15, 0.2) is 0 Å². The van der Waals surface area contributed by atoms with E-state index in [0.29, 0.717) is 0 Å². The first-order chi connectivity index (χ1) is 5.00. The molecular weight excluding hydrogens is 142 g/mol. The smallest absolute Gasteiger partial charge is 0.0919 e. The molecule has 11 heavy (non-hydrogen) atoms. The molecule has 2 heterocycles. The Bertz CT molecular complexity index is 150. The Morgan fingerprint density at radius 1 is 0.818 bits per heavy atom. The van der Waals surface area contributed by atoms with Crippen molar-refractivity contribution in [3.8, 4) is 0 Å². The van der Waals surface area contributed by atoms with Crippen LogP contribution >= 0.6 is 0 Å². The van der Waals surface area contributed by atoms with E-state index in [0.717, 1.165) is 0 Å². The maximum absolute atomic E-state index is 3.67. The number of hydrogen-bond donors (Lipinski definition) is 3. The molecule has 5 heteroatoms. The molecular formula is C6H11N5. The van der Waals surface area contributed by atoms with Crippen LogP contribution in [0.15, 0.2) is 37.4 Å². The van der Waals surface area contributed by atoms with Crippen molar-refractivity contribution in [1.82, 2.24) is 26.1 Å². The Kier molecular flexibility index (Phi) is 5.54. The van der Waals surface area contributed by atoms with Crippen LogP contribution in [0.1, 0.15) is 0 Å². The Morgan fingerprint density at radius 3 is 1.36 bits per heavy atom. The normalized spacial score (nSPS) is 7.27. The topological polar surface area (TPSA) is 92.4 Å². The molecule has 0 aromatic carbocycles. The molecule has 0 unspecified atom stereocenters. The van der Waals surface area contributed by atoms with Gasteiger partial charge in [-0.2, -0.15) is 0 Å². The van der Waals surface area contributed by atoms with Crippen LogP contribution < -0.4 is 6.15 Å². The number of nitrogens with one attached hydrogen (secondary N) is 2. The van der Waals surface area contributed by atoms with Crippen molar-refractivity contribution in [3.05, 3.63) is 37.4 Å². The van der Waals surface area contributed by atoms with Crippen molar-refractivity contribution < 1.29 is 0 Å². The van der Waals surface area contributed by atoms with E-state index in [4.69, 9.17) is 0 Å². The van der Waals surface area contributed by atoms with E-state index in [-0.39, 0.29) is 6.15 Å². The van der Waals surface area contributed by atoms with Gasteiger partial charge in [-0.15, -0.1) is 0 Å². The largest absolute Gasteiger partial charge is 0.351 e. The summed E-state index contributed by atoms with van der Waals surface area (Å²) in [7, 11) is 0. The van der Waals surface area contributed by atoms with Crippen LogP contribution in [-0.4, -0.2) is 19.9 Å². The summed E-state index contributed by atoms with van der Waals surface area (Å²) in [5.41, 5.74) is 0. The molecule has 2 aromatic rings. The van der Waals surface area contributed by atoms with Crippen molar-refractivity contribution in [1.29, 1.82) is 0 Å². The fourth-order valence-corrected chi connectivity index (χ4v) is 0.430. The summed E-state index contributed by atoms with van der Waals surface area (Å²) >= 11 is 0. The van der Waals surface area contributed by atoms with Crippen molar-refractivity contribution in [3.63, 3.8) is 0 Å². The molecule has 0 saturated heterocycles. The fraction of sp³-hybridized carbons (Fsp3) is 0. The quantitative estimate of drug-likeness (QED) is 0.526. The second kappa shape index (κ2) is 6.50. The van der Waals surface area contributed by atoms with E-state index in [1.54, 1.807) is 37.4 Å². The number of imidazole rings is 2. The third-order valence-corrected chi connectivity index (χ3v) is 0.812. The zero-order valence-electron chi connectivity index (χ0n) is 6.07. The molecule has 0 atom stereocenters. The van der Waals surface area contributed by atoms with E-state index >= 15 is 0 Å². The van der Waals surface area contributed by atoms with Crippen molar-refractivity contribution in [2.45, 2.75) is 0 Å². The van der Waals surface area contributed by atoms with Gasteiger partial charge in [0.25, 0.3) is 0 Å². The number of nitrogens with zero attached hydrogens (tertiary/aromatic N) is 2. The summed E-state index contributed by atoms with van der Waals surface area (Å²) in [4.78, 5) is 12.8. The summed E-state index contributed by atoms with van der Waals surface area (Å²) in [6.45, 7) is 0. The number of aromatic amines is 2. The van der Waals surface area contributed by atoms with Gasteiger partial charge >= 0.3 is 0 Å². The van der Waals surface area contributed by atoms with Crippen LogP contribution in [0.5, 0.6) is 0 Å². The molecule has 0 bridgehead atoms. The highest BCUT2D eigenvalue weighted by molar-refractivity contribution is 4.65. The van der Waals surface area contributed by atoms with Crippen LogP contribution in [0.3, 0.4) is 0 Å². The van der Waals surface area contributed by atoms with Gasteiger partial charge in [0.2, 0.25) is 0 Å². The predicted molar refractivity (Wildman–Crippen MR) is 42.2 cm³/mol. The zero-order valence-corrected chi connectivity index (χ0v) is 6.07. The van der Waals surface area contributed by atoms with Gasteiger partial charge in [-0.3, -0.25) is 0 Å². The van der Waals surface area contributed by atoms with Crippen LogP contribution in [0, 0.1) is 0 Å². The second-order valence-corrected chi connectivity index (χ2v) is 1.52. The molecule has 60 valence electrons. The van der Waals surface area contributed by atoms with Gasteiger partial charge in [0.1, 0.15) is 0 Å². The Hall–Kier alpha value is -1.62. The average molecular weight is 153 g/mol. The number of rotatable bonds is 0. The maximum atomic E-state index is 3.67. The minimum atomic E-state index is 0. The Labute approximate surface area is 64.5 Å². The number of hydrogen-bond acceptors (Lipinski definition) is 3. The van der Waals surface area contributed by atoms with Crippen molar-refractivity contribution in [2.75, 3.05) is 0 Å². The number of H-pyrrole nitrogens is 2. The SMILES string of the molecule is N.c1c[nH]cn1.c1c[nH]cn1. The minimum absolute atomic E-state index is 0. The summed E-state index contributed by atoms with van der Waals surface area (Å²) in [6, 6.07) is 0. The molecule has 5 N–H and O–H groups in total. The van der Waals surface area contributed by atoms with E-state index in [2.05, 4.69) is 19.9 Å². The standard InChI is InChI=1S/2C3H4N2.H3N/c2*1-2-5-3-4-1;/h2*1-3H,(H,4,5);1H3. The van der Waals surface area contributed by atoms with Gasteiger partial charge in [-0.05, 0) is 0 Å². The molecule has 2 aromatic heterocycles. The first-order valence-corrected chi connectivity index (χ1v) is 2.85. The third-order valence-electron chi connectivity index (χ3n) is 0.812. The first-order valence-electron chi connectivity index (χ1n) is 2.85. The van der Waals surface area contributed by atoms with Crippen LogP contribution in [-0.2, 0) is 0 Å². The van der Waals surface area contributed by atoms with Gasteiger partial charge in [0, 0.05) is 24.8 Å². The van der Waals surface area contributed by atoms with E-state index in [1.807, 2.05) is 0 Å². The van der Waals surface area contributed by atoms with Crippen molar-refractivity contribution in [2.24, 2.45) is 0 Å².